The van der Waals surface area contributed by atoms with Gasteiger partial charge < -0.3 is 14.6 Å². The van der Waals surface area contributed by atoms with Crippen LogP contribution in [0.25, 0.3) is 10.9 Å². The minimum Gasteiger partial charge on any atom is -0.497 e. The molecule has 1 amide bonds. The van der Waals surface area contributed by atoms with E-state index >= 15 is 0 Å². The van der Waals surface area contributed by atoms with Crippen LogP contribution in [0, 0.1) is 0 Å². The summed E-state index contributed by atoms with van der Waals surface area (Å²) in [6.07, 6.45) is 2.42. The lowest BCUT2D eigenvalue weighted by molar-refractivity contribution is -0.132. The first-order valence-corrected chi connectivity index (χ1v) is 9.41. The number of nitrogens with one attached hydrogen (secondary N) is 1. The van der Waals surface area contributed by atoms with E-state index in [1.165, 1.54) is 5.56 Å². The normalized spacial score (nSPS) is 15.2. The topological polar surface area (TPSA) is 48.6 Å². The highest BCUT2D eigenvalue weighted by atomic mass is 16.5. The Morgan fingerprint density at radius 1 is 1.07 bits per heavy atom. The molecule has 140 valence electrons. The lowest BCUT2D eigenvalue weighted by atomic mass is 10.1. The zero-order chi connectivity index (χ0) is 18.6. The Kier molecular flexibility index (Phi) is 5.12. The van der Waals surface area contributed by atoms with Crippen molar-refractivity contribution in [3.05, 3.63) is 65.9 Å². The van der Waals surface area contributed by atoms with E-state index in [-0.39, 0.29) is 5.91 Å². The molecule has 2 heterocycles. The van der Waals surface area contributed by atoms with E-state index in [4.69, 9.17) is 4.74 Å². The highest BCUT2D eigenvalue weighted by molar-refractivity contribution is 5.88. The highest BCUT2D eigenvalue weighted by Gasteiger charge is 2.22. The Hall–Kier alpha value is -2.79. The number of aromatic nitrogens is 1. The van der Waals surface area contributed by atoms with Crippen molar-refractivity contribution in [3.8, 4) is 5.75 Å². The Morgan fingerprint density at radius 3 is 2.70 bits per heavy atom. The summed E-state index contributed by atoms with van der Waals surface area (Å²) in [7, 11) is 1.69. The number of piperazine rings is 1. The van der Waals surface area contributed by atoms with Gasteiger partial charge in [0.25, 0.3) is 0 Å². The van der Waals surface area contributed by atoms with Gasteiger partial charge in [-0.2, -0.15) is 0 Å². The smallest absolute Gasteiger partial charge is 0.227 e. The number of hydrogen-bond acceptors (Lipinski definition) is 3. The molecule has 27 heavy (non-hydrogen) atoms. The molecule has 0 spiro atoms. The molecule has 0 bridgehead atoms. The number of fused-ring (bicyclic) bond motifs is 1. The Morgan fingerprint density at radius 2 is 1.89 bits per heavy atom. The van der Waals surface area contributed by atoms with Crippen molar-refractivity contribution < 1.29 is 9.53 Å². The fourth-order valence-corrected chi connectivity index (χ4v) is 3.74. The number of nitrogens with zero attached hydrogens (tertiary/aromatic N) is 2. The molecule has 4 rings (SSSR count). The van der Waals surface area contributed by atoms with Gasteiger partial charge in [0.15, 0.2) is 0 Å². The molecule has 0 saturated carbocycles. The lowest BCUT2D eigenvalue weighted by Gasteiger charge is -2.34. The molecule has 1 aliphatic heterocycles. The Labute approximate surface area is 159 Å². The van der Waals surface area contributed by atoms with Gasteiger partial charge in [-0.25, -0.2) is 0 Å². The molecule has 0 unspecified atom stereocenters. The van der Waals surface area contributed by atoms with Crippen LogP contribution in [0.3, 0.4) is 0 Å². The van der Waals surface area contributed by atoms with Crippen molar-refractivity contribution >= 4 is 16.8 Å². The molecule has 1 saturated heterocycles. The summed E-state index contributed by atoms with van der Waals surface area (Å²) in [5, 5.41) is 1.14. The number of amides is 1. The SMILES string of the molecule is COc1cccc(CN2CCN(C(=O)Cc3c[nH]c4ccccc34)CC2)c1. The number of carbonyl (C=O) groups excluding carboxylic acids is 1. The number of benzene rings is 2. The summed E-state index contributed by atoms with van der Waals surface area (Å²) >= 11 is 0. The van der Waals surface area contributed by atoms with Crippen molar-refractivity contribution in [1.82, 2.24) is 14.8 Å². The summed E-state index contributed by atoms with van der Waals surface area (Å²) < 4.78 is 5.30. The minimum atomic E-state index is 0.209. The van der Waals surface area contributed by atoms with Crippen LogP contribution in [0.5, 0.6) is 5.75 Å². The first-order chi connectivity index (χ1) is 13.2. The van der Waals surface area contributed by atoms with Crippen LogP contribution in [0.15, 0.2) is 54.7 Å². The van der Waals surface area contributed by atoms with E-state index in [9.17, 15) is 4.79 Å². The molecule has 5 nitrogen and oxygen atoms in total. The van der Waals surface area contributed by atoms with Crippen LogP contribution in [0.1, 0.15) is 11.1 Å². The molecule has 2 aromatic carbocycles. The van der Waals surface area contributed by atoms with Gasteiger partial charge in [-0.3, -0.25) is 9.69 Å². The maximum absolute atomic E-state index is 12.7. The molecule has 0 radical (unpaired) electrons. The number of rotatable bonds is 5. The first-order valence-electron chi connectivity index (χ1n) is 9.41. The number of carbonyl (C=O) groups is 1. The van der Waals surface area contributed by atoms with E-state index < -0.39 is 0 Å². The van der Waals surface area contributed by atoms with Gasteiger partial charge in [0.2, 0.25) is 5.91 Å². The van der Waals surface area contributed by atoms with Crippen molar-refractivity contribution in [2.75, 3.05) is 33.3 Å². The summed E-state index contributed by atoms with van der Waals surface area (Å²) in [5.74, 6) is 1.10. The molecule has 1 aromatic heterocycles. The van der Waals surface area contributed by atoms with Crippen LogP contribution in [0.2, 0.25) is 0 Å². The standard InChI is InChI=1S/C22H25N3O2/c1-27-19-6-4-5-17(13-19)16-24-9-11-25(12-10-24)22(26)14-18-15-23-21-8-3-2-7-20(18)21/h2-8,13,15,23H,9-12,14,16H2,1H3. The molecular formula is C22H25N3O2. The average molecular weight is 363 g/mol. The second kappa shape index (κ2) is 7.84. The zero-order valence-corrected chi connectivity index (χ0v) is 15.6. The number of hydrogen-bond donors (Lipinski definition) is 1. The predicted octanol–water partition coefficient (Wildman–Crippen LogP) is 3.06. The van der Waals surface area contributed by atoms with Gasteiger partial charge in [-0.1, -0.05) is 30.3 Å². The van der Waals surface area contributed by atoms with Gasteiger partial charge >= 0.3 is 0 Å². The molecule has 0 atom stereocenters. The molecule has 5 heteroatoms. The third-order valence-corrected chi connectivity index (χ3v) is 5.28. The van der Waals surface area contributed by atoms with Crippen LogP contribution < -0.4 is 4.74 Å². The van der Waals surface area contributed by atoms with E-state index in [1.54, 1.807) is 7.11 Å². The van der Waals surface area contributed by atoms with Crippen molar-refractivity contribution in [2.45, 2.75) is 13.0 Å². The molecule has 0 aliphatic carbocycles. The summed E-state index contributed by atoms with van der Waals surface area (Å²) in [6, 6.07) is 16.3. The van der Waals surface area contributed by atoms with E-state index in [0.29, 0.717) is 6.42 Å². The molecule has 1 N–H and O–H groups in total. The molecule has 1 fully saturated rings. The Bertz CT molecular complexity index is 926. The van der Waals surface area contributed by atoms with Gasteiger partial charge in [0.05, 0.1) is 13.5 Å². The number of ether oxygens (including phenoxy) is 1. The van der Waals surface area contributed by atoms with E-state index in [1.807, 2.05) is 41.4 Å². The zero-order valence-electron chi connectivity index (χ0n) is 15.6. The van der Waals surface area contributed by atoms with Gasteiger partial charge in [-0.15, -0.1) is 0 Å². The van der Waals surface area contributed by atoms with Crippen LogP contribution in [0.4, 0.5) is 0 Å². The van der Waals surface area contributed by atoms with Gasteiger partial charge in [0.1, 0.15) is 5.75 Å². The molecular weight excluding hydrogens is 338 g/mol. The van der Waals surface area contributed by atoms with Crippen molar-refractivity contribution in [3.63, 3.8) is 0 Å². The fraction of sp³-hybridized carbons (Fsp3) is 0.318. The van der Waals surface area contributed by atoms with Gasteiger partial charge in [-0.05, 0) is 29.3 Å². The number of aromatic amines is 1. The maximum Gasteiger partial charge on any atom is 0.227 e. The maximum atomic E-state index is 12.7. The van der Waals surface area contributed by atoms with E-state index in [2.05, 4.69) is 28.1 Å². The Balaban J connectivity index is 1.32. The van der Waals surface area contributed by atoms with Crippen molar-refractivity contribution in [1.29, 1.82) is 0 Å². The van der Waals surface area contributed by atoms with Crippen LogP contribution in [-0.2, 0) is 17.8 Å². The number of para-hydroxylation sites is 1. The average Bonchev–Trinajstić information content (AvgIpc) is 3.11. The number of H-pyrrole nitrogens is 1. The van der Waals surface area contributed by atoms with E-state index in [0.717, 1.165) is 54.9 Å². The highest BCUT2D eigenvalue weighted by Crippen LogP contribution is 2.19. The summed E-state index contributed by atoms with van der Waals surface area (Å²) in [6.45, 7) is 4.26. The fourth-order valence-electron chi connectivity index (χ4n) is 3.74. The minimum absolute atomic E-state index is 0.209. The second-order valence-corrected chi connectivity index (χ2v) is 7.04. The quantitative estimate of drug-likeness (QED) is 0.758. The molecule has 3 aromatic rings. The second-order valence-electron chi connectivity index (χ2n) is 7.04. The van der Waals surface area contributed by atoms with Crippen LogP contribution in [-0.4, -0.2) is 54.0 Å². The third-order valence-electron chi connectivity index (χ3n) is 5.28. The molecule has 1 aliphatic rings. The van der Waals surface area contributed by atoms with Gasteiger partial charge in [0, 0.05) is 49.8 Å². The monoisotopic (exact) mass is 363 g/mol. The summed E-state index contributed by atoms with van der Waals surface area (Å²) in [4.78, 5) is 20.4. The van der Waals surface area contributed by atoms with Crippen LogP contribution >= 0.6 is 0 Å². The van der Waals surface area contributed by atoms with Crippen molar-refractivity contribution in [2.24, 2.45) is 0 Å². The third kappa shape index (κ3) is 3.98. The summed E-state index contributed by atoms with van der Waals surface area (Å²) in [5.41, 5.74) is 3.41. The number of methoxy groups -OCH3 is 1. The lowest BCUT2D eigenvalue weighted by Crippen LogP contribution is -2.48. The first kappa shape index (κ1) is 17.6. The largest absolute Gasteiger partial charge is 0.497 e. The predicted molar refractivity (Wildman–Crippen MR) is 107 cm³/mol.